The van der Waals surface area contributed by atoms with Crippen LogP contribution in [0.4, 0.5) is 0 Å². The normalized spacial score (nSPS) is 11.2. The summed E-state index contributed by atoms with van der Waals surface area (Å²) in [6.07, 6.45) is 0. The molecule has 0 fully saturated rings. The number of hydrogen-bond donors (Lipinski definition) is 1. The third-order valence-corrected chi connectivity index (χ3v) is 3.73. The Balaban J connectivity index is 0.000000980. The first-order valence-corrected chi connectivity index (χ1v) is 5.85. The standard InChI is InChI=1S/C8H6O3S2.Na.H/c9-13(10,11)8-5-12-7-4-2-1-3-6(7)8;;/h1-5H,(H,9,10,11);;/q;+1;-1. The quantitative estimate of drug-likeness (QED) is 0.526. The van der Waals surface area contributed by atoms with E-state index < -0.39 is 10.1 Å². The van der Waals surface area contributed by atoms with Crippen molar-refractivity contribution < 1.29 is 44.0 Å². The molecule has 0 saturated carbocycles. The van der Waals surface area contributed by atoms with E-state index in [0.717, 1.165) is 4.70 Å². The van der Waals surface area contributed by atoms with Crippen LogP contribution >= 0.6 is 11.3 Å². The molecule has 2 rings (SSSR count). The van der Waals surface area contributed by atoms with E-state index in [4.69, 9.17) is 4.55 Å². The molecule has 0 radical (unpaired) electrons. The van der Waals surface area contributed by atoms with Gasteiger partial charge in [-0.05, 0) is 6.07 Å². The van der Waals surface area contributed by atoms with Gasteiger partial charge in [-0.2, -0.15) is 8.42 Å². The van der Waals surface area contributed by atoms with Crippen LogP contribution in [0.2, 0.25) is 0 Å². The first-order valence-electron chi connectivity index (χ1n) is 3.53. The summed E-state index contributed by atoms with van der Waals surface area (Å²) in [5, 5.41) is 2.02. The molecular formula is C8H7NaO3S2. The van der Waals surface area contributed by atoms with Gasteiger partial charge in [0.05, 0.1) is 0 Å². The summed E-state index contributed by atoms with van der Waals surface area (Å²) < 4.78 is 31.5. The minimum Gasteiger partial charge on any atom is -1.00 e. The van der Waals surface area contributed by atoms with Crippen molar-refractivity contribution in [1.29, 1.82) is 0 Å². The third kappa shape index (κ3) is 2.18. The Kier molecular flexibility index (Phi) is 3.74. The smallest absolute Gasteiger partial charge is 1.00 e. The van der Waals surface area contributed by atoms with Crippen LogP contribution in [0.1, 0.15) is 1.43 Å². The molecule has 1 aromatic heterocycles. The summed E-state index contributed by atoms with van der Waals surface area (Å²) in [5.74, 6) is 0. The fraction of sp³-hybridized carbons (Fsp3) is 0. The number of rotatable bonds is 1. The Morgan fingerprint density at radius 2 is 1.93 bits per heavy atom. The number of thiophene rings is 1. The summed E-state index contributed by atoms with van der Waals surface area (Å²) in [6, 6.07) is 7.06. The van der Waals surface area contributed by atoms with E-state index in [1.165, 1.54) is 16.7 Å². The van der Waals surface area contributed by atoms with Crippen LogP contribution in [-0.4, -0.2) is 13.0 Å². The van der Waals surface area contributed by atoms with Crippen LogP contribution < -0.4 is 29.6 Å². The van der Waals surface area contributed by atoms with Gasteiger partial charge in [0.2, 0.25) is 0 Å². The van der Waals surface area contributed by atoms with Crippen LogP contribution in [0, 0.1) is 0 Å². The molecule has 2 aromatic rings. The van der Waals surface area contributed by atoms with Gasteiger partial charge in [-0.3, -0.25) is 4.55 Å². The van der Waals surface area contributed by atoms with Crippen molar-refractivity contribution in [2.75, 3.05) is 0 Å². The fourth-order valence-electron chi connectivity index (χ4n) is 1.15. The minimum atomic E-state index is -4.08. The average molecular weight is 238 g/mol. The second-order valence-electron chi connectivity index (χ2n) is 2.57. The first-order chi connectivity index (χ1) is 6.09. The van der Waals surface area contributed by atoms with E-state index in [1.807, 2.05) is 12.1 Å². The van der Waals surface area contributed by atoms with Crippen LogP contribution in [0.25, 0.3) is 10.1 Å². The van der Waals surface area contributed by atoms with E-state index in [1.54, 1.807) is 12.1 Å². The molecule has 0 unspecified atom stereocenters. The first kappa shape index (κ1) is 12.2. The monoisotopic (exact) mass is 238 g/mol. The zero-order valence-corrected chi connectivity index (χ0v) is 11.1. The maximum atomic E-state index is 10.9. The second kappa shape index (κ2) is 4.30. The van der Waals surface area contributed by atoms with Crippen molar-refractivity contribution in [1.82, 2.24) is 0 Å². The molecule has 6 heteroatoms. The summed E-state index contributed by atoms with van der Waals surface area (Å²) in [6.45, 7) is 0. The Hall–Kier alpha value is 0.0900. The molecule has 0 spiro atoms. The van der Waals surface area contributed by atoms with Gasteiger partial charge < -0.3 is 1.43 Å². The molecule has 1 aromatic carbocycles. The summed E-state index contributed by atoms with van der Waals surface area (Å²) in [7, 11) is -4.08. The van der Waals surface area contributed by atoms with Gasteiger partial charge in [0, 0.05) is 15.5 Å². The van der Waals surface area contributed by atoms with Crippen molar-refractivity contribution in [3.8, 4) is 0 Å². The molecule has 1 N–H and O–H groups in total. The Labute approximate surface area is 109 Å². The van der Waals surface area contributed by atoms with E-state index >= 15 is 0 Å². The number of fused-ring (bicyclic) bond motifs is 1. The molecule has 1 heterocycles. The van der Waals surface area contributed by atoms with Crippen LogP contribution in [0.3, 0.4) is 0 Å². The van der Waals surface area contributed by atoms with Crippen molar-refractivity contribution in [3.05, 3.63) is 29.6 Å². The Morgan fingerprint density at radius 3 is 2.57 bits per heavy atom. The number of benzene rings is 1. The predicted octanol–water partition coefficient (Wildman–Crippen LogP) is -0.735. The van der Waals surface area contributed by atoms with Gasteiger partial charge >= 0.3 is 29.6 Å². The van der Waals surface area contributed by atoms with Gasteiger partial charge in [-0.1, -0.05) is 18.2 Å². The molecule has 14 heavy (non-hydrogen) atoms. The van der Waals surface area contributed by atoms with Crippen LogP contribution in [-0.2, 0) is 10.1 Å². The molecule has 0 amide bonds. The van der Waals surface area contributed by atoms with Gasteiger partial charge in [0.25, 0.3) is 10.1 Å². The van der Waals surface area contributed by atoms with Gasteiger partial charge in [0.1, 0.15) is 4.90 Å². The summed E-state index contributed by atoms with van der Waals surface area (Å²) in [5.41, 5.74) is 0. The molecule has 0 bridgehead atoms. The molecule has 3 nitrogen and oxygen atoms in total. The van der Waals surface area contributed by atoms with Gasteiger partial charge in [0.15, 0.2) is 0 Å². The van der Waals surface area contributed by atoms with Crippen LogP contribution in [0.15, 0.2) is 34.5 Å². The SMILES string of the molecule is O=S(=O)(O)c1csc2ccccc12.[H-].[Na+]. The van der Waals surface area contributed by atoms with Gasteiger partial charge in [-0.15, -0.1) is 11.3 Å². The molecule has 0 aliphatic rings. The summed E-state index contributed by atoms with van der Waals surface area (Å²) in [4.78, 5) is -0.00639. The van der Waals surface area contributed by atoms with Crippen molar-refractivity contribution in [2.45, 2.75) is 4.90 Å². The topological polar surface area (TPSA) is 54.4 Å². The Bertz CT molecular complexity index is 550. The van der Waals surface area contributed by atoms with Crippen LogP contribution in [0.5, 0.6) is 0 Å². The van der Waals surface area contributed by atoms with E-state index in [2.05, 4.69) is 0 Å². The molecule has 0 atom stereocenters. The van der Waals surface area contributed by atoms with Crippen molar-refractivity contribution >= 4 is 31.5 Å². The molecule has 0 aliphatic heterocycles. The fourth-order valence-corrected chi connectivity index (χ4v) is 3.13. The zero-order chi connectivity index (χ0) is 9.47. The molecule has 0 aliphatic carbocycles. The summed E-state index contributed by atoms with van der Waals surface area (Å²) >= 11 is 1.30. The average Bonchev–Trinajstić information content (AvgIpc) is 2.45. The van der Waals surface area contributed by atoms with Gasteiger partial charge in [-0.25, -0.2) is 0 Å². The van der Waals surface area contributed by atoms with E-state index in [-0.39, 0.29) is 35.9 Å². The van der Waals surface area contributed by atoms with Crippen molar-refractivity contribution in [3.63, 3.8) is 0 Å². The second-order valence-corrected chi connectivity index (χ2v) is 4.87. The molecular weight excluding hydrogens is 231 g/mol. The zero-order valence-electron chi connectivity index (χ0n) is 8.47. The van der Waals surface area contributed by atoms with Crippen molar-refractivity contribution in [2.24, 2.45) is 0 Å². The minimum absolute atomic E-state index is 0. The van der Waals surface area contributed by atoms with E-state index in [9.17, 15) is 8.42 Å². The maximum Gasteiger partial charge on any atom is 1.00 e. The maximum absolute atomic E-state index is 10.9. The largest absolute Gasteiger partial charge is 1.00 e. The molecule has 70 valence electrons. The third-order valence-electron chi connectivity index (χ3n) is 1.72. The number of hydrogen-bond acceptors (Lipinski definition) is 3. The molecule has 0 saturated heterocycles. The Morgan fingerprint density at radius 1 is 1.29 bits per heavy atom. The predicted molar refractivity (Wildman–Crippen MR) is 52.8 cm³/mol. The van der Waals surface area contributed by atoms with E-state index in [0.29, 0.717) is 5.39 Å².